The Morgan fingerprint density at radius 3 is 2.34 bits per heavy atom. The molecule has 1 aliphatic rings. The number of carboxylic acids is 1. The van der Waals surface area contributed by atoms with Gasteiger partial charge in [0.2, 0.25) is 0 Å². The maximum atomic E-state index is 11.8. The molecule has 2 aromatic carbocycles. The predicted octanol–water partition coefficient (Wildman–Crippen LogP) is 5.31. The topological polar surface area (TPSA) is 76.6 Å². The average Bonchev–Trinajstić information content (AvgIpc) is 3.03. The Balaban J connectivity index is 1.58. The predicted molar refractivity (Wildman–Crippen MR) is 115 cm³/mol. The van der Waals surface area contributed by atoms with Crippen molar-refractivity contribution >= 4 is 51.7 Å². The smallest absolute Gasteiger partial charge is 0.352 e. The summed E-state index contributed by atoms with van der Waals surface area (Å²) in [5.74, 6) is -1.04. The number of fused-ring (bicyclic) bond motifs is 1. The molecule has 2 heterocycles. The van der Waals surface area contributed by atoms with Gasteiger partial charge in [-0.25, -0.2) is 4.79 Å². The lowest BCUT2D eigenvalue weighted by Crippen LogP contribution is -2.42. The first kappa shape index (κ1) is 20.5. The van der Waals surface area contributed by atoms with Crippen LogP contribution in [0.15, 0.2) is 36.4 Å². The number of aromatic nitrogens is 1. The number of aromatic amines is 1. The molecule has 1 aromatic heterocycles. The number of hydrogen-bond acceptors (Lipinski definition) is 3. The molecule has 0 aliphatic carbocycles. The maximum Gasteiger partial charge on any atom is 0.352 e. The van der Waals surface area contributed by atoms with Crippen LogP contribution in [0.2, 0.25) is 15.1 Å². The number of H-pyrrole nitrogens is 1. The molecule has 4 rings (SSSR count). The number of nitrogens with one attached hydrogen (secondary N) is 1. The summed E-state index contributed by atoms with van der Waals surface area (Å²) in [7, 11) is 0. The van der Waals surface area contributed by atoms with Crippen LogP contribution in [0, 0.1) is 0 Å². The second kappa shape index (κ2) is 7.82. The van der Waals surface area contributed by atoms with E-state index in [4.69, 9.17) is 34.8 Å². The highest BCUT2D eigenvalue weighted by molar-refractivity contribution is 6.39. The second-order valence-electron chi connectivity index (χ2n) is 7.41. The van der Waals surface area contributed by atoms with Gasteiger partial charge in [-0.3, -0.25) is 4.90 Å². The monoisotopic (exact) mass is 452 g/mol. The summed E-state index contributed by atoms with van der Waals surface area (Å²) >= 11 is 18.4. The minimum Gasteiger partial charge on any atom is -0.477 e. The summed E-state index contributed by atoms with van der Waals surface area (Å²) in [4.78, 5) is 16.8. The van der Waals surface area contributed by atoms with Gasteiger partial charge in [0.05, 0.1) is 10.6 Å². The third kappa shape index (κ3) is 3.98. The van der Waals surface area contributed by atoms with E-state index in [0.717, 1.165) is 5.56 Å². The van der Waals surface area contributed by atoms with Crippen molar-refractivity contribution in [3.05, 3.63) is 68.3 Å². The summed E-state index contributed by atoms with van der Waals surface area (Å²) in [5.41, 5.74) is 1.28. The number of rotatable bonds is 4. The van der Waals surface area contributed by atoms with Gasteiger partial charge in [-0.15, -0.1) is 0 Å². The van der Waals surface area contributed by atoms with Crippen molar-refractivity contribution in [2.24, 2.45) is 0 Å². The van der Waals surface area contributed by atoms with Crippen LogP contribution in [0.4, 0.5) is 0 Å². The van der Waals surface area contributed by atoms with Gasteiger partial charge < -0.3 is 15.2 Å². The first-order valence-corrected chi connectivity index (χ1v) is 10.3. The van der Waals surface area contributed by atoms with Crippen LogP contribution in [0.25, 0.3) is 10.9 Å². The largest absolute Gasteiger partial charge is 0.477 e. The Labute approximate surface area is 182 Å². The van der Waals surface area contributed by atoms with Gasteiger partial charge in [0.1, 0.15) is 5.69 Å². The first-order valence-electron chi connectivity index (χ1n) is 9.20. The van der Waals surface area contributed by atoms with Gasteiger partial charge in [-0.2, -0.15) is 0 Å². The fraction of sp³-hybridized carbons (Fsp3) is 0.286. The quantitative estimate of drug-likeness (QED) is 0.500. The Kier molecular flexibility index (Phi) is 5.53. The Morgan fingerprint density at radius 1 is 1.07 bits per heavy atom. The van der Waals surface area contributed by atoms with E-state index < -0.39 is 11.6 Å². The van der Waals surface area contributed by atoms with Crippen LogP contribution in [0.3, 0.4) is 0 Å². The molecule has 1 aliphatic heterocycles. The number of aliphatic hydroxyl groups is 1. The van der Waals surface area contributed by atoms with E-state index in [9.17, 15) is 15.0 Å². The lowest BCUT2D eigenvalue weighted by Gasteiger charge is -2.38. The molecule has 29 heavy (non-hydrogen) atoms. The number of benzene rings is 2. The summed E-state index contributed by atoms with van der Waals surface area (Å²) in [6.45, 7) is 1.66. The number of hydrogen-bond donors (Lipinski definition) is 3. The normalized spacial score (nSPS) is 17.0. The van der Waals surface area contributed by atoms with E-state index in [-0.39, 0.29) is 5.69 Å². The molecule has 3 aromatic rings. The van der Waals surface area contributed by atoms with Crippen LogP contribution in [-0.2, 0) is 12.1 Å². The third-order valence-electron chi connectivity index (χ3n) is 5.58. The lowest BCUT2D eigenvalue weighted by atomic mass is 9.84. The van der Waals surface area contributed by atoms with Crippen molar-refractivity contribution < 1.29 is 15.0 Å². The summed E-state index contributed by atoms with van der Waals surface area (Å²) in [6, 6.07) is 10.5. The molecule has 152 valence electrons. The zero-order valence-corrected chi connectivity index (χ0v) is 17.7. The van der Waals surface area contributed by atoms with Crippen molar-refractivity contribution in [2.75, 3.05) is 13.1 Å². The molecule has 0 unspecified atom stereocenters. The highest BCUT2D eigenvalue weighted by atomic mass is 35.5. The molecule has 0 amide bonds. The SMILES string of the molecule is O=C(O)c1[nH]c2cc(Cl)cc(Cl)c2c1CN1CCC(O)(c2ccc(Cl)cc2)CC1. The molecule has 0 atom stereocenters. The van der Waals surface area contributed by atoms with Crippen molar-refractivity contribution in [3.8, 4) is 0 Å². The molecular weight excluding hydrogens is 435 g/mol. The Bertz CT molecular complexity index is 1070. The van der Waals surface area contributed by atoms with Crippen molar-refractivity contribution in [1.29, 1.82) is 0 Å². The zero-order chi connectivity index (χ0) is 20.8. The molecule has 0 radical (unpaired) electrons. The van der Waals surface area contributed by atoms with E-state index >= 15 is 0 Å². The molecule has 8 heteroatoms. The fourth-order valence-electron chi connectivity index (χ4n) is 4.01. The molecule has 3 N–H and O–H groups in total. The fourth-order valence-corrected chi connectivity index (χ4v) is 4.74. The van der Waals surface area contributed by atoms with Gasteiger partial charge in [0, 0.05) is 46.1 Å². The number of nitrogens with zero attached hydrogens (tertiary/aromatic N) is 1. The second-order valence-corrected chi connectivity index (χ2v) is 8.69. The molecule has 1 fully saturated rings. The summed E-state index contributed by atoms with van der Waals surface area (Å²) in [5, 5.41) is 22.9. The van der Waals surface area contributed by atoms with Gasteiger partial charge in [0.25, 0.3) is 0 Å². The highest BCUT2D eigenvalue weighted by Gasteiger charge is 2.34. The van der Waals surface area contributed by atoms with Crippen molar-refractivity contribution in [2.45, 2.75) is 25.0 Å². The number of piperidine rings is 1. The molecule has 5 nitrogen and oxygen atoms in total. The highest BCUT2D eigenvalue weighted by Crippen LogP contribution is 2.36. The van der Waals surface area contributed by atoms with Gasteiger partial charge in [-0.1, -0.05) is 46.9 Å². The van der Waals surface area contributed by atoms with Gasteiger partial charge in [-0.05, 0) is 42.7 Å². The Hall–Kier alpha value is -1.76. The Morgan fingerprint density at radius 2 is 1.72 bits per heavy atom. The van der Waals surface area contributed by atoms with Gasteiger partial charge in [0.15, 0.2) is 0 Å². The number of carboxylic acid groups (broad SMARTS) is 1. The zero-order valence-electron chi connectivity index (χ0n) is 15.4. The first-order chi connectivity index (χ1) is 13.8. The average molecular weight is 454 g/mol. The lowest BCUT2D eigenvalue weighted by molar-refractivity contribution is -0.0277. The van der Waals surface area contributed by atoms with E-state index in [0.29, 0.717) is 64.0 Å². The number of aromatic carboxylic acids is 1. The summed E-state index contributed by atoms with van der Waals surface area (Å²) < 4.78 is 0. The van der Waals surface area contributed by atoms with Crippen molar-refractivity contribution in [1.82, 2.24) is 9.88 Å². The maximum absolute atomic E-state index is 11.8. The number of likely N-dealkylation sites (tertiary alicyclic amines) is 1. The number of carbonyl (C=O) groups is 1. The molecular formula is C21H19Cl3N2O3. The standard InChI is InChI=1S/C21H19Cl3N2O3/c22-13-3-1-12(2-4-13)21(29)5-7-26(8-6-21)11-15-18-16(24)9-14(23)10-17(18)25-19(15)20(27)28/h1-4,9-10,25,29H,5-8,11H2,(H,27,28). The summed E-state index contributed by atoms with van der Waals surface area (Å²) in [6.07, 6.45) is 1.08. The van der Waals surface area contributed by atoms with E-state index in [1.165, 1.54) is 0 Å². The molecule has 1 saturated heterocycles. The van der Waals surface area contributed by atoms with Crippen LogP contribution in [-0.4, -0.2) is 39.2 Å². The molecule has 0 saturated carbocycles. The third-order valence-corrected chi connectivity index (χ3v) is 6.35. The van der Waals surface area contributed by atoms with Crippen LogP contribution in [0.5, 0.6) is 0 Å². The minimum atomic E-state index is -1.04. The van der Waals surface area contributed by atoms with Crippen LogP contribution < -0.4 is 0 Å². The molecule has 0 spiro atoms. The minimum absolute atomic E-state index is 0.114. The number of halogens is 3. The van der Waals surface area contributed by atoms with E-state index in [1.54, 1.807) is 24.3 Å². The van der Waals surface area contributed by atoms with E-state index in [2.05, 4.69) is 9.88 Å². The van der Waals surface area contributed by atoms with Crippen molar-refractivity contribution in [3.63, 3.8) is 0 Å². The van der Waals surface area contributed by atoms with Gasteiger partial charge >= 0.3 is 5.97 Å². The van der Waals surface area contributed by atoms with E-state index in [1.807, 2.05) is 12.1 Å². The van der Waals surface area contributed by atoms with Crippen LogP contribution in [0.1, 0.15) is 34.5 Å². The molecule has 0 bridgehead atoms. The van der Waals surface area contributed by atoms with Crippen LogP contribution >= 0.6 is 34.8 Å².